The molecule has 72 valence electrons. The van der Waals surface area contributed by atoms with Crippen molar-refractivity contribution in [2.75, 3.05) is 5.33 Å². The lowest BCUT2D eigenvalue weighted by atomic mass is 10.1. The number of unbranched alkanes of at least 4 members (excludes halogenated alkanes) is 6. The molecule has 0 spiro atoms. The zero-order chi connectivity index (χ0) is 9.07. The van der Waals surface area contributed by atoms with Gasteiger partial charge in [-0.15, -0.1) is 0 Å². The van der Waals surface area contributed by atoms with Gasteiger partial charge in [0.1, 0.15) is 0 Å². The van der Waals surface area contributed by atoms with Crippen LogP contribution in [-0.4, -0.2) is 5.33 Å². The second-order valence-corrected chi connectivity index (χ2v) is 4.01. The van der Waals surface area contributed by atoms with E-state index >= 15 is 0 Å². The molecule has 0 aliphatic heterocycles. The highest BCUT2D eigenvalue weighted by atomic mass is 79.9. The van der Waals surface area contributed by atoms with Crippen LogP contribution >= 0.6 is 27.5 Å². The van der Waals surface area contributed by atoms with Gasteiger partial charge in [0.15, 0.2) is 0 Å². The number of hydrogen-bond donors (Lipinski definition) is 0. The highest BCUT2D eigenvalue weighted by Crippen LogP contribution is 2.08. The zero-order valence-electron chi connectivity index (χ0n) is 7.57. The molecule has 0 fully saturated rings. The second kappa shape index (κ2) is 11.5. The van der Waals surface area contributed by atoms with E-state index in [4.69, 9.17) is 11.6 Å². The first-order chi connectivity index (χ1) is 5.91. The molecule has 0 unspecified atom stereocenters. The molecule has 2 heteroatoms. The first kappa shape index (κ1) is 12.5. The first-order valence-corrected chi connectivity index (χ1v) is 6.28. The lowest BCUT2D eigenvalue weighted by Gasteiger charge is -1.97. The minimum atomic E-state index is 1.14. The van der Waals surface area contributed by atoms with Gasteiger partial charge in [-0.25, -0.2) is 0 Å². The van der Waals surface area contributed by atoms with E-state index in [-0.39, 0.29) is 0 Å². The van der Waals surface area contributed by atoms with Crippen molar-refractivity contribution in [1.82, 2.24) is 0 Å². The number of allylic oxidation sites excluding steroid dienone is 1. The summed E-state index contributed by atoms with van der Waals surface area (Å²) in [5.41, 5.74) is 1.62. The maximum absolute atomic E-state index is 5.40. The SMILES string of the molecule is Cl/C=C/CCCCCCCCBr. The summed E-state index contributed by atoms with van der Waals surface area (Å²) in [5, 5.41) is 1.15. The van der Waals surface area contributed by atoms with E-state index in [2.05, 4.69) is 15.9 Å². The van der Waals surface area contributed by atoms with E-state index < -0.39 is 0 Å². The summed E-state index contributed by atoms with van der Waals surface area (Å²) in [6.07, 6.45) is 11.3. The van der Waals surface area contributed by atoms with Crippen LogP contribution in [0.25, 0.3) is 0 Å². The molecule has 0 nitrogen and oxygen atoms in total. The molecular formula is C10H18BrCl. The molecule has 0 aliphatic carbocycles. The molecule has 0 aliphatic rings. The highest BCUT2D eigenvalue weighted by molar-refractivity contribution is 9.09. The number of hydrogen-bond acceptors (Lipinski definition) is 0. The Bertz CT molecular complexity index is 102. The van der Waals surface area contributed by atoms with Crippen LogP contribution in [0.5, 0.6) is 0 Å². The van der Waals surface area contributed by atoms with Crippen LogP contribution in [0.3, 0.4) is 0 Å². The highest BCUT2D eigenvalue weighted by Gasteiger charge is 1.88. The maximum Gasteiger partial charge on any atom is 0.00313 e. The van der Waals surface area contributed by atoms with Crippen molar-refractivity contribution >= 4 is 27.5 Å². The summed E-state index contributed by atoms with van der Waals surface area (Å²) in [6, 6.07) is 0. The van der Waals surface area contributed by atoms with Gasteiger partial charge in [-0.3, -0.25) is 0 Å². The van der Waals surface area contributed by atoms with Crippen molar-refractivity contribution in [2.45, 2.75) is 44.9 Å². The largest absolute Gasteiger partial charge is 0.0933 e. The average molecular weight is 254 g/mol. The van der Waals surface area contributed by atoms with E-state index in [0.717, 1.165) is 11.8 Å². The predicted molar refractivity (Wildman–Crippen MR) is 61.1 cm³/mol. The van der Waals surface area contributed by atoms with Crippen LogP contribution in [0.1, 0.15) is 44.9 Å². The van der Waals surface area contributed by atoms with Crippen LogP contribution in [0.2, 0.25) is 0 Å². The van der Waals surface area contributed by atoms with Crippen LogP contribution in [0.4, 0.5) is 0 Å². The lowest BCUT2D eigenvalue weighted by molar-refractivity contribution is 0.614. The monoisotopic (exact) mass is 252 g/mol. The Kier molecular flexibility index (Phi) is 12.0. The fourth-order valence-corrected chi connectivity index (χ4v) is 1.65. The second-order valence-electron chi connectivity index (χ2n) is 2.96. The average Bonchev–Trinajstić information content (AvgIpc) is 2.10. The Morgan fingerprint density at radius 3 is 2.08 bits per heavy atom. The molecule has 12 heavy (non-hydrogen) atoms. The van der Waals surface area contributed by atoms with Gasteiger partial charge in [-0.1, -0.05) is 59.3 Å². The van der Waals surface area contributed by atoms with Crippen molar-refractivity contribution in [3.05, 3.63) is 11.6 Å². The third kappa shape index (κ3) is 10.5. The van der Waals surface area contributed by atoms with Crippen molar-refractivity contribution in [1.29, 1.82) is 0 Å². The molecule has 0 radical (unpaired) electrons. The van der Waals surface area contributed by atoms with Crippen LogP contribution in [0, 0.1) is 0 Å². The standard InChI is InChI=1S/C10H18BrCl/c11-9-7-5-3-1-2-4-6-8-10-12/h8,10H,1-7,9H2/b10-8+. The van der Waals surface area contributed by atoms with E-state index in [1.807, 2.05) is 6.08 Å². The Hall–Kier alpha value is 0.510. The number of alkyl halides is 1. The third-order valence-electron chi connectivity index (χ3n) is 1.84. The Balaban J connectivity index is 2.81. The van der Waals surface area contributed by atoms with Crippen molar-refractivity contribution < 1.29 is 0 Å². The number of halogens is 2. The van der Waals surface area contributed by atoms with E-state index in [1.54, 1.807) is 5.54 Å². The van der Waals surface area contributed by atoms with E-state index in [1.165, 1.54) is 38.5 Å². The zero-order valence-corrected chi connectivity index (χ0v) is 9.91. The first-order valence-electron chi connectivity index (χ1n) is 4.73. The van der Waals surface area contributed by atoms with Crippen LogP contribution in [0.15, 0.2) is 11.6 Å². The molecule has 0 amide bonds. The molecule has 0 aromatic heterocycles. The summed E-state index contributed by atoms with van der Waals surface area (Å²) >= 11 is 8.83. The predicted octanol–water partition coefficient (Wildman–Crippen LogP) is 4.86. The third-order valence-corrected chi connectivity index (χ3v) is 2.58. The van der Waals surface area contributed by atoms with Gasteiger partial charge in [0.05, 0.1) is 0 Å². The fraction of sp³-hybridized carbons (Fsp3) is 0.800. The molecule has 0 N–H and O–H groups in total. The molecule has 0 heterocycles. The summed E-state index contributed by atoms with van der Waals surface area (Å²) in [7, 11) is 0. The van der Waals surface area contributed by atoms with Crippen molar-refractivity contribution in [2.24, 2.45) is 0 Å². The molecule has 0 aromatic rings. The quantitative estimate of drug-likeness (QED) is 0.428. The normalized spacial score (nSPS) is 11.2. The Labute approximate surface area is 89.5 Å². The summed E-state index contributed by atoms with van der Waals surface area (Å²) in [6.45, 7) is 0. The van der Waals surface area contributed by atoms with Gasteiger partial charge in [0.25, 0.3) is 0 Å². The van der Waals surface area contributed by atoms with Gasteiger partial charge >= 0.3 is 0 Å². The Morgan fingerprint density at radius 1 is 0.917 bits per heavy atom. The van der Waals surface area contributed by atoms with E-state index in [0.29, 0.717) is 0 Å². The molecule has 0 aromatic carbocycles. The molecule has 0 saturated heterocycles. The van der Waals surface area contributed by atoms with Gasteiger partial charge in [-0.2, -0.15) is 0 Å². The van der Waals surface area contributed by atoms with Gasteiger partial charge in [0.2, 0.25) is 0 Å². The minimum absolute atomic E-state index is 1.14. The maximum atomic E-state index is 5.40. The smallest absolute Gasteiger partial charge is 0.00313 e. The summed E-state index contributed by atoms with van der Waals surface area (Å²) < 4.78 is 0. The minimum Gasteiger partial charge on any atom is -0.0933 e. The molecule has 0 atom stereocenters. The van der Waals surface area contributed by atoms with Crippen molar-refractivity contribution in [3.63, 3.8) is 0 Å². The number of rotatable bonds is 8. The summed E-state index contributed by atoms with van der Waals surface area (Å²) in [5.74, 6) is 0. The van der Waals surface area contributed by atoms with Gasteiger partial charge < -0.3 is 0 Å². The fourth-order valence-electron chi connectivity index (χ4n) is 1.13. The van der Waals surface area contributed by atoms with Gasteiger partial charge in [0, 0.05) is 10.9 Å². The molecule has 0 bridgehead atoms. The lowest BCUT2D eigenvalue weighted by Crippen LogP contribution is -1.79. The van der Waals surface area contributed by atoms with Gasteiger partial charge in [-0.05, 0) is 19.3 Å². The molecule has 0 rings (SSSR count). The van der Waals surface area contributed by atoms with Crippen molar-refractivity contribution in [3.8, 4) is 0 Å². The molecular weight excluding hydrogens is 235 g/mol. The van der Waals surface area contributed by atoms with Crippen LogP contribution < -0.4 is 0 Å². The van der Waals surface area contributed by atoms with E-state index in [9.17, 15) is 0 Å². The summed E-state index contributed by atoms with van der Waals surface area (Å²) in [4.78, 5) is 0. The Morgan fingerprint density at radius 2 is 1.50 bits per heavy atom. The van der Waals surface area contributed by atoms with Crippen LogP contribution in [-0.2, 0) is 0 Å². The molecule has 0 saturated carbocycles. The topological polar surface area (TPSA) is 0 Å².